The Balaban J connectivity index is 2.32. The molecule has 120 valence electrons. The lowest BCUT2D eigenvalue weighted by Gasteiger charge is -2.32. The molecule has 2 amide bonds. The highest BCUT2D eigenvalue weighted by Crippen LogP contribution is 2.39. The highest BCUT2D eigenvalue weighted by molar-refractivity contribution is 6.05. The van der Waals surface area contributed by atoms with E-state index in [4.69, 9.17) is 5.73 Å². The molecule has 0 unspecified atom stereocenters. The quantitative estimate of drug-likeness (QED) is 0.911. The fraction of sp³-hybridized carbons (Fsp3) is 0.588. The first-order valence-corrected chi connectivity index (χ1v) is 7.65. The summed E-state index contributed by atoms with van der Waals surface area (Å²) >= 11 is 0. The molecule has 5 nitrogen and oxygen atoms in total. The number of nitrogens with zero attached hydrogens (tertiary/aromatic N) is 2. The second-order valence-electron chi connectivity index (χ2n) is 7.75. The highest BCUT2D eigenvalue weighted by atomic mass is 16.2. The maximum atomic E-state index is 12.9. The predicted molar refractivity (Wildman–Crippen MR) is 85.5 cm³/mol. The first kappa shape index (κ1) is 16.5. The maximum absolute atomic E-state index is 12.9. The topological polar surface area (TPSA) is 76.3 Å². The first-order chi connectivity index (χ1) is 10.1. The van der Waals surface area contributed by atoms with Crippen molar-refractivity contribution in [3.8, 4) is 0 Å². The molecule has 0 bridgehead atoms. The van der Waals surface area contributed by atoms with Gasteiger partial charge in [-0.15, -0.1) is 0 Å². The highest BCUT2D eigenvalue weighted by Gasteiger charge is 2.36. The molecule has 1 aromatic rings. The molecule has 0 radical (unpaired) electrons. The summed E-state index contributed by atoms with van der Waals surface area (Å²) in [5, 5.41) is 0. The van der Waals surface area contributed by atoms with Gasteiger partial charge in [0.1, 0.15) is 5.69 Å². The summed E-state index contributed by atoms with van der Waals surface area (Å²) in [6, 6.07) is 3.28. The molecule has 0 atom stereocenters. The second-order valence-corrected chi connectivity index (χ2v) is 7.75. The fourth-order valence-electron chi connectivity index (χ4n) is 3.59. The van der Waals surface area contributed by atoms with E-state index in [-0.39, 0.29) is 22.4 Å². The molecule has 0 saturated carbocycles. The molecule has 0 aliphatic carbocycles. The Hall–Kier alpha value is -1.91. The van der Waals surface area contributed by atoms with Gasteiger partial charge in [-0.3, -0.25) is 14.6 Å². The van der Waals surface area contributed by atoms with E-state index in [1.165, 1.54) is 6.20 Å². The van der Waals surface area contributed by atoms with Crippen molar-refractivity contribution < 1.29 is 9.59 Å². The van der Waals surface area contributed by atoms with Gasteiger partial charge in [-0.05, 0) is 35.8 Å². The summed E-state index contributed by atoms with van der Waals surface area (Å²) in [4.78, 5) is 30.1. The molecule has 1 aromatic heterocycles. The molecule has 2 heterocycles. The lowest BCUT2D eigenvalue weighted by molar-refractivity contribution is 0.0701. The average Bonchev–Trinajstić information content (AvgIpc) is 2.52. The van der Waals surface area contributed by atoms with Crippen LogP contribution in [0.1, 0.15) is 61.4 Å². The van der Waals surface area contributed by atoms with E-state index in [9.17, 15) is 9.59 Å². The van der Waals surface area contributed by atoms with E-state index in [1.807, 2.05) is 4.90 Å². The minimum Gasteiger partial charge on any atom is -0.364 e. The third kappa shape index (κ3) is 3.64. The fourth-order valence-corrected chi connectivity index (χ4v) is 3.59. The summed E-state index contributed by atoms with van der Waals surface area (Å²) in [6.45, 7) is 10.2. The van der Waals surface area contributed by atoms with Crippen LogP contribution in [-0.4, -0.2) is 34.8 Å². The van der Waals surface area contributed by atoms with Crippen molar-refractivity contribution in [3.63, 3.8) is 0 Å². The number of carbonyl (C=O) groups excluding carboxylic acids is 2. The minimum absolute atomic E-state index is 0.0325. The van der Waals surface area contributed by atoms with Crippen LogP contribution in [0.5, 0.6) is 0 Å². The van der Waals surface area contributed by atoms with Gasteiger partial charge in [0.2, 0.25) is 0 Å². The van der Waals surface area contributed by atoms with Crippen LogP contribution in [-0.2, 0) is 0 Å². The molecular formula is C17H25N3O2. The molecule has 1 aliphatic heterocycles. The molecule has 2 rings (SSSR count). The van der Waals surface area contributed by atoms with Crippen LogP contribution >= 0.6 is 0 Å². The van der Waals surface area contributed by atoms with E-state index in [2.05, 4.69) is 32.7 Å². The van der Waals surface area contributed by atoms with Crippen LogP contribution in [0.2, 0.25) is 0 Å². The van der Waals surface area contributed by atoms with Gasteiger partial charge in [0, 0.05) is 19.3 Å². The molecule has 2 N–H and O–H groups in total. The number of nitrogens with two attached hydrogens (primary N) is 1. The third-order valence-electron chi connectivity index (χ3n) is 4.19. The molecule has 0 spiro atoms. The number of likely N-dealkylation sites (tertiary alicyclic amines) is 1. The normalized spacial score (nSPS) is 20.3. The molecule has 22 heavy (non-hydrogen) atoms. The summed E-state index contributed by atoms with van der Waals surface area (Å²) in [6.07, 6.45) is 3.47. The number of pyridine rings is 1. The van der Waals surface area contributed by atoms with Crippen LogP contribution in [0.4, 0.5) is 0 Å². The monoisotopic (exact) mass is 303 g/mol. The van der Waals surface area contributed by atoms with Crippen LogP contribution in [0.3, 0.4) is 0 Å². The summed E-state index contributed by atoms with van der Waals surface area (Å²) in [5.74, 6) is -0.828. The van der Waals surface area contributed by atoms with Crippen LogP contribution in [0.25, 0.3) is 0 Å². The number of hydrogen-bond acceptors (Lipinski definition) is 3. The predicted octanol–water partition coefficient (Wildman–Crippen LogP) is 2.47. The molecular weight excluding hydrogens is 278 g/mol. The number of primary amides is 1. The molecule has 5 heteroatoms. The zero-order chi connectivity index (χ0) is 16.5. The van der Waals surface area contributed by atoms with Gasteiger partial charge in [0.05, 0.1) is 5.56 Å². The lowest BCUT2D eigenvalue weighted by Crippen LogP contribution is -2.38. The Morgan fingerprint density at radius 2 is 1.91 bits per heavy atom. The molecule has 1 fully saturated rings. The Morgan fingerprint density at radius 3 is 2.55 bits per heavy atom. The Bertz CT molecular complexity index is 593. The van der Waals surface area contributed by atoms with Crippen molar-refractivity contribution in [2.45, 2.75) is 40.5 Å². The largest absolute Gasteiger partial charge is 0.364 e. The molecule has 0 aromatic carbocycles. The van der Waals surface area contributed by atoms with Gasteiger partial charge >= 0.3 is 0 Å². The van der Waals surface area contributed by atoms with E-state index in [1.54, 1.807) is 12.1 Å². The van der Waals surface area contributed by atoms with Crippen LogP contribution < -0.4 is 5.73 Å². The second kappa shape index (κ2) is 5.71. The number of carbonyl (C=O) groups is 2. The standard InChI is InChI=1S/C17H25N3O2/c1-16(2)7-9-20(11-17(3,4)10-16)15(22)12-6-5-8-19-13(12)14(18)21/h5-6,8H,7,9-11H2,1-4H3,(H2,18,21). The number of hydrogen-bond donors (Lipinski definition) is 1. The molecule has 1 saturated heterocycles. The van der Waals surface area contributed by atoms with Gasteiger partial charge in [-0.2, -0.15) is 0 Å². The summed E-state index contributed by atoms with van der Waals surface area (Å²) < 4.78 is 0. The maximum Gasteiger partial charge on any atom is 0.268 e. The van der Waals surface area contributed by atoms with Crippen molar-refractivity contribution in [1.82, 2.24) is 9.88 Å². The van der Waals surface area contributed by atoms with Gasteiger partial charge in [0.15, 0.2) is 0 Å². The van der Waals surface area contributed by atoms with Crippen molar-refractivity contribution >= 4 is 11.8 Å². The van der Waals surface area contributed by atoms with Crippen molar-refractivity contribution in [2.24, 2.45) is 16.6 Å². The number of rotatable bonds is 2. The zero-order valence-electron chi connectivity index (χ0n) is 13.8. The van der Waals surface area contributed by atoms with Crippen LogP contribution in [0.15, 0.2) is 18.3 Å². The van der Waals surface area contributed by atoms with Gasteiger partial charge in [-0.1, -0.05) is 27.7 Å². The van der Waals surface area contributed by atoms with Gasteiger partial charge < -0.3 is 10.6 Å². The summed E-state index contributed by atoms with van der Waals surface area (Å²) in [7, 11) is 0. The van der Waals surface area contributed by atoms with Gasteiger partial charge in [0.25, 0.3) is 11.8 Å². The van der Waals surface area contributed by atoms with Crippen molar-refractivity contribution in [1.29, 1.82) is 0 Å². The van der Waals surface area contributed by atoms with E-state index < -0.39 is 5.91 Å². The first-order valence-electron chi connectivity index (χ1n) is 7.65. The minimum atomic E-state index is -0.668. The van der Waals surface area contributed by atoms with E-state index in [0.717, 1.165) is 12.8 Å². The SMILES string of the molecule is CC1(C)CCN(C(=O)c2cccnc2C(N)=O)CC(C)(C)C1. The van der Waals surface area contributed by atoms with E-state index >= 15 is 0 Å². The molecule has 1 aliphatic rings. The Kier molecular flexibility index (Phi) is 4.27. The average molecular weight is 303 g/mol. The third-order valence-corrected chi connectivity index (χ3v) is 4.19. The Morgan fingerprint density at radius 1 is 1.23 bits per heavy atom. The number of amides is 2. The lowest BCUT2D eigenvalue weighted by atomic mass is 9.75. The zero-order valence-corrected chi connectivity index (χ0v) is 13.8. The van der Waals surface area contributed by atoms with E-state index in [0.29, 0.717) is 18.7 Å². The van der Waals surface area contributed by atoms with Crippen LogP contribution in [0, 0.1) is 10.8 Å². The smallest absolute Gasteiger partial charge is 0.268 e. The number of aromatic nitrogens is 1. The van der Waals surface area contributed by atoms with Gasteiger partial charge in [-0.25, -0.2) is 0 Å². The van der Waals surface area contributed by atoms with Crippen molar-refractivity contribution in [2.75, 3.05) is 13.1 Å². The van der Waals surface area contributed by atoms with Crippen molar-refractivity contribution in [3.05, 3.63) is 29.6 Å². The summed E-state index contributed by atoms with van der Waals surface area (Å²) in [5.41, 5.74) is 5.91. The Labute approximate surface area is 131 Å².